The highest BCUT2D eigenvalue weighted by molar-refractivity contribution is 5.93. The fourth-order valence-electron chi connectivity index (χ4n) is 5.93. The molecule has 0 aromatic heterocycles. The van der Waals surface area contributed by atoms with Crippen LogP contribution in [-0.2, 0) is 0 Å². The summed E-state index contributed by atoms with van der Waals surface area (Å²) in [6, 6.07) is 16.6. The Kier molecular flexibility index (Phi) is 5.20. The minimum absolute atomic E-state index is 0.00605. The number of nitrogens with zero attached hydrogens (tertiary/aromatic N) is 3. The van der Waals surface area contributed by atoms with Crippen LogP contribution in [0, 0.1) is 0 Å². The molecule has 3 aliphatic rings. The molecule has 166 valence electrons. The van der Waals surface area contributed by atoms with Crippen molar-refractivity contribution < 1.29 is 9.90 Å². The lowest BCUT2D eigenvalue weighted by atomic mass is 9.93. The summed E-state index contributed by atoms with van der Waals surface area (Å²) >= 11 is 0. The van der Waals surface area contributed by atoms with E-state index in [1.54, 1.807) is 25.1 Å². The third kappa shape index (κ3) is 3.27. The van der Waals surface area contributed by atoms with Gasteiger partial charge < -0.3 is 19.8 Å². The molecule has 3 atom stereocenters. The maximum absolute atomic E-state index is 12.4. The highest BCUT2D eigenvalue weighted by atomic mass is 16.3. The molecule has 0 saturated carbocycles. The summed E-state index contributed by atoms with van der Waals surface area (Å²) < 4.78 is 0. The van der Waals surface area contributed by atoms with Gasteiger partial charge in [-0.05, 0) is 61.1 Å². The first-order valence-corrected chi connectivity index (χ1v) is 11.5. The molecule has 2 aromatic carbocycles. The highest BCUT2D eigenvalue weighted by Crippen LogP contribution is 2.52. The molecule has 1 N–H and O–H groups in total. The summed E-state index contributed by atoms with van der Waals surface area (Å²) in [6.45, 7) is 4.89. The van der Waals surface area contributed by atoms with Gasteiger partial charge in [0, 0.05) is 43.6 Å². The van der Waals surface area contributed by atoms with Crippen molar-refractivity contribution in [3.63, 3.8) is 0 Å². The second kappa shape index (κ2) is 8.05. The number of carbonyl (C=O) groups is 1. The molecule has 5 rings (SSSR count). The molecule has 5 nitrogen and oxygen atoms in total. The summed E-state index contributed by atoms with van der Waals surface area (Å²) in [5, 5.41) is 10.3. The van der Waals surface area contributed by atoms with E-state index in [2.05, 4.69) is 34.6 Å². The smallest absolute Gasteiger partial charge is 0.253 e. The van der Waals surface area contributed by atoms with Crippen molar-refractivity contribution in [3.05, 3.63) is 89.3 Å². The van der Waals surface area contributed by atoms with Gasteiger partial charge in [-0.3, -0.25) is 4.79 Å². The van der Waals surface area contributed by atoms with Crippen LogP contribution in [0.1, 0.15) is 53.2 Å². The molecular weight excluding hydrogens is 398 g/mol. The first-order chi connectivity index (χ1) is 15.5. The molecule has 0 aliphatic carbocycles. The van der Waals surface area contributed by atoms with Gasteiger partial charge in [-0.15, -0.1) is 6.58 Å². The van der Waals surface area contributed by atoms with Gasteiger partial charge in [-0.1, -0.05) is 30.3 Å². The van der Waals surface area contributed by atoms with Crippen LogP contribution >= 0.6 is 0 Å². The Bertz CT molecular complexity index is 1070. The molecular formula is C27H31N3O2. The largest absolute Gasteiger partial charge is 0.508 e. The average Bonchev–Trinajstić information content (AvgIpc) is 3.29. The van der Waals surface area contributed by atoms with Gasteiger partial charge in [0.05, 0.1) is 12.1 Å². The van der Waals surface area contributed by atoms with Crippen molar-refractivity contribution in [1.82, 2.24) is 14.7 Å². The van der Waals surface area contributed by atoms with E-state index in [0.29, 0.717) is 17.6 Å². The highest BCUT2D eigenvalue weighted by Gasteiger charge is 2.50. The number of allylic oxidation sites excluding steroid dienone is 2. The molecule has 3 aliphatic heterocycles. The van der Waals surface area contributed by atoms with Crippen LogP contribution in [0.15, 0.2) is 72.6 Å². The Morgan fingerprint density at radius 3 is 2.50 bits per heavy atom. The van der Waals surface area contributed by atoms with Crippen molar-refractivity contribution in [3.8, 4) is 5.75 Å². The van der Waals surface area contributed by atoms with Crippen LogP contribution in [0.3, 0.4) is 0 Å². The molecule has 0 spiro atoms. The van der Waals surface area contributed by atoms with Crippen LogP contribution in [0.5, 0.6) is 5.75 Å². The Balaban J connectivity index is 1.60. The number of amides is 1. The number of hydrogen-bond donors (Lipinski definition) is 1. The fourth-order valence-corrected chi connectivity index (χ4v) is 5.93. The number of phenolic OH excluding ortho intramolecular Hbond substituents is 1. The number of rotatable bonds is 6. The maximum Gasteiger partial charge on any atom is 0.253 e. The van der Waals surface area contributed by atoms with Gasteiger partial charge in [0.1, 0.15) is 5.75 Å². The molecule has 32 heavy (non-hydrogen) atoms. The average molecular weight is 430 g/mol. The van der Waals surface area contributed by atoms with E-state index >= 15 is 0 Å². The lowest BCUT2D eigenvalue weighted by Gasteiger charge is -2.46. The third-order valence-electron chi connectivity index (χ3n) is 7.22. The first kappa shape index (κ1) is 20.7. The van der Waals surface area contributed by atoms with E-state index in [0.717, 1.165) is 36.9 Å². The molecule has 4 bridgehead atoms. The predicted octanol–water partition coefficient (Wildman–Crippen LogP) is 4.52. The number of benzene rings is 2. The van der Waals surface area contributed by atoms with E-state index in [4.69, 9.17) is 0 Å². The Labute approximate surface area is 190 Å². The van der Waals surface area contributed by atoms with Gasteiger partial charge in [0.15, 0.2) is 0 Å². The fraction of sp³-hybridized carbons (Fsp3) is 0.370. The van der Waals surface area contributed by atoms with E-state index in [-0.39, 0.29) is 17.7 Å². The summed E-state index contributed by atoms with van der Waals surface area (Å²) in [5.74, 6) is 0.289. The third-order valence-corrected chi connectivity index (χ3v) is 7.22. The van der Waals surface area contributed by atoms with Gasteiger partial charge in [0.25, 0.3) is 5.91 Å². The topological polar surface area (TPSA) is 47.0 Å². The zero-order chi connectivity index (χ0) is 22.4. The molecule has 2 aromatic rings. The summed E-state index contributed by atoms with van der Waals surface area (Å²) in [7, 11) is 3.55. The summed E-state index contributed by atoms with van der Waals surface area (Å²) in [6.07, 6.45) is 6.59. The van der Waals surface area contributed by atoms with E-state index in [1.165, 1.54) is 17.8 Å². The standard InChI is InChI=1S/C27H31N3O2/c1-4-16-29-22-12-13-23(29)25-15-14-24(22)30(25)26(20-6-5-7-21(31)17-20)18-8-10-19(11-9-18)27(32)28(2)3/h4-11,17,22,24,26,31H,1,12-16H2,2-3H3. The van der Waals surface area contributed by atoms with Crippen molar-refractivity contribution in [2.45, 2.75) is 43.8 Å². The second-order valence-electron chi connectivity index (χ2n) is 9.27. The molecule has 2 fully saturated rings. The molecule has 0 radical (unpaired) electrons. The maximum atomic E-state index is 12.4. The van der Waals surface area contributed by atoms with Gasteiger partial charge in [-0.2, -0.15) is 0 Å². The van der Waals surface area contributed by atoms with Gasteiger partial charge in [0.2, 0.25) is 0 Å². The molecule has 2 saturated heterocycles. The van der Waals surface area contributed by atoms with E-state index < -0.39 is 0 Å². The zero-order valence-electron chi connectivity index (χ0n) is 18.9. The molecule has 1 amide bonds. The molecule has 3 heterocycles. The van der Waals surface area contributed by atoms with Crippen LogP contribution in [0.4, 0.5) is 0 Å². The van der Waals surface area contributed by atoms with Crippen molar-refractivity contribution in [2.24, 2.45) is 0 Å². The van der Waals surface area contributed by atoms with Crippen molar-refractivity contribution in [1.29, 1.82) is 0 Å². The van der Waals surface area contributed by atoms with Gasteiger partial charge >= 0.3 is 0 Å². The van der Waals surface area contributed by atoms with Crippen molar-refractivity contribution in [2.75, 3.05) is 20.6 Å². The molecule has 3 unspecified atom stereocenters. The minimum Gasteiger partial charge on any atom is -0.508 e. The van der Waals surface area contributed by atoms with E-state index in [9.17, 15) is 9.90 Å². The summed E-state index contributed by atoms with van der Waals surface area (Å²) in [5.41, 5.74) is 5.82. The number of fused-ring (bicyclic) bond motifs is 5. The van der Waals surface area contributed by atoms with Crippen LogP contribution in [-0.4, -0.2) is 58.4 Å². The Morgan fingerprint density at radius 1 is 1.09 bits per heavy atom. The molecule has 5 heteroatoms. The van der Waals surface area contributed by atoms with Crippen LogP contribution in [0.25, 0.3) is 0 Å². The normalized spacial score (nSPS) is 22.3. The van der Waals surface area contributed by atoms with Crippen molar-refractivity contribution >= 4 is 5.91 Å². The number of carbonyl (C=O) groups excluding carboxylic acids is 1. The Morgan fingerprint density at radius 2 is 1.81 bits per heavy atom. The number of hydrogen-bond acceptors (Lipinski definition) is 4. The lowest BCUT2D eigenvalue weighted by Crippen LogP contribution is -2.50. The Hall–Kier alpha value is -3.21. The monoisotopic (exact) mass is 429 g/mol. The second-order valence-corrected chi connectivity index (χ2v) is 9.27. The van der Waals surface area contributed by atoms with E-state index in [1.807, 2.05) is 30.3 Å². The van der Waals surface area contributed by atoms with Crippen LogP contribution in [0.2, 0.25) is 0 Å². The SMILES string of the molecule is C=CCN1C2=C3CCC(C1CC2)N3C(c1ccc(C(=O)N(C)C)cc1)c1cccc(O)c1. The number of aromatic hydroxyl groups is 1. The minimum atomic E-state index is 0.00605. The quantitative estimate of drug-likeness (QED) is 0.686. The predicted molar refractivity (Wildman–Crippen MR) is 126 cm³/mol. The lowest BCUT2D eigenvalue weighted by molar-refractivity contribution is 0.0827. The zero-order valence-corrected chi connectivity index (χ0v) is 18.9. The first-order valence-electron chi connectivity index (χ1n) is 11.5. The summed E-state index contributed by atoms with van der Waals surface area (Å²) in [4.78, 5) is 19.2. The number of phenols is 1. The van der Waals surface area contributed by atoms with Crippen LogP contribution < -0.4 is 0 Å². The van der Waals surface area contributed by atoms with Gasteiger partial charge in [-0.25, -0.2) is 0 Å².